The van der Waals surface area contributed by atoms with E-state index in [-0.39, 0.29) is 11.2 Å². The second-order valence-corrected chi connectivity index (χ2v) is 6.05. The van der Waals surface area contributed by atoms with Crippen LogP contribution in [0.25, 0.3) is 0 Å². The molecule has 5 heteroatoms. The summed E-state index contributed by atoms with van der Waals surface area (Å²) < 4.78 is 0. The summed E-state index contributed by atoms with van der Waals surface area (Å²) >= 11 is 1.60. The fraction of sp³-hybridized carbons (Fsp3) is 0.467. The number of benzene rings is 1. The van der Waals surface area contributed by atoms with Gasteiger partial charge in [0, 0.05) is 18.2 Å². The van der Waals surface area contributed by atoms with E-state index in [0.717, 1.165) is 5.56 Å². The Balaban J connectivity index is 2.85. The van der Waals surface area contributed by atoms with Gasteiger partial charge in [-0.3, -0.25) is 4.79 Å². The predicted octanol–water partition coefficient (Wildman–Crippen LogP) is 2.63. The summed E-state index contributed by atoms with van der Waals surface area (Å²) in [7, 11) is 0. The molecule has 1 rings (SSSR count). The average Bonchev–Trinajstić information content (AvgIpc) is 2.44. The first-order valence-electron chi connectivity index (χ1n) is 6.54. The van der Waals surface area contributed by atoms with Crippen LogP contribution in [0.2, 0.25) is 0 Å². The third-order valence-electron chi connectivity index (χ3n) is 3.21. The molecule has 0 saturated heterocycles. The first-order valence-corrected chi connectivity index (χ1v) is 7.83. The Morgan fingerprint density at radius 3 is 2.35 bits per heavy atom. The Hall–Kier alpha value is -1.49. The van der Waals surface area contributed by atoms with Crippen molar-refractivity contribution in [3.63, 3.8) is 0 Å². The van der Waals surface area contributed by atoms with E-state index in [4.69, 9.17) is 0 Å². The van der Waals surface area contributed by atoms with Crippen LogP contribution in [0.3, 0.4) is 0 Å². The largest absolute Gasteiger partial charge is 0.480 e. The van der Waals surface area contributed by atoms with Crippen molar-refractivity contribution >= 4 is 23.6 Å². The zero-order valence-corrected chi connectivity index (χ0v) is 12.9. The predicted molar refractivity (Wildman–Crippen MR) is 81.7 cm³/mol. The number of carboxylic acids is 1. The Morgan fingerprint density at radius 2 is 1.85 bits per heavy atom. The first kappa shape index (κ1) is 16.6. The quantitative estimate of drug-likeness (QED) is 0.840. The van der Waals surface area contributed by atoms with E-state index < -0.39 is 12.0 Å². The van der Waals surface area contributed by atoms with E-state index in [1.807, 2.05) is 43.5 Å². The van der Waals surface area contributed by atoms with Crippen molar-refractivity contribution in [3.8, 4) is 0 Å². The minimum Gasteiger partial charge on any atom is -0.480 e. The average molecular weight is 295 g/mol. The molecule has 0 radical (unpaired) electrons. The highest BCUT2D eigenvalue weighted by molar-refractivity contribution is 7.99. The van der Waals surface area contributed by atoms with Crippen molar-refractivity contribution < 1.29 is 14.7 Å². The molecule has 110 valence electrons. The van der Waals surface area contributed by atoms with Crippen LogP contribution in [0.1, 0.15) is 25.8 Å². The van der Waals surface area contributed by atoms with E-state index in [0.29, 0.717) is 13.0 Å². The van der Waals surface area contributed by atoms with Gasteiger partial charge in [0.25, 0.3) is 0 Å². The molecule has 1 amide bonds. The summed E-state index contributed by atoms with van der Waals surface area (Å²) in [5.41, 5.74) is 0.936. The third-order valence-corrected chi connectivity index (χ3v) is 4.18. The Bertz CT molecular complexity index is 450. The number of carboxylic acid groups (broad SMARTS) is 1. The van der Waals surface area contributed by atoms with Crippen LogP contribution in [0.15, 0.2) is 30.3 Å². The fourth-order valence-corrected chi connectivity index (χ4v) is 2.11. The smallest absolute Gasteiger partial charge is 0.326 e. The van der Waals surface area contributed by atoms with Gasteiger partial charge in [-0.05, 0) is 18.7 Å². The number of thioether (sulfide) groups is 1. The lowest BCUT2D eigenvalue weighted by molar-refractivity contribution is -0.150. The summed E-state index contributed by atoms with van der Waals surface area (Å²) in [6, 6.07) is 8.63. The molecule has 1 N–H and O–H groups in total. The summed E-state index contributed by atoms with van der Waals surface area (Å²) in [5, 5.41) is 9.35. The number of carbonyl (C=O) groups is 2. The van der Waals surface area contributed by atoms with Crippen molar-refractivity contribution in [1.29, 1.82) is 0 Å². The Morgan fingerprint density at radius 1 is 1.25 bits per heavy atom. The van der Waals surface area contributed by atoms with Crippen molar-refractivity contribution in [3.05, 3.63) is 35.9 Å². The van der Waals surface area contributed by atoms with Crippen LogP contribution in [0, 0.1) is 0 Å². The normalized spacial score (nSPS) is 13.6. The Labute approximate surface area is 124 Å². The molecule has 4 nitrogen and oxygen atoms in total. The van der Waals surface area contributed by atoms with E-state index in [1.165, 1.54) is 4.90 Å². The molecular formula is C15H21NO3S. The van der Waals surface area contributed by atoms with Crippen molar-refractivity contribution in [2.75, 3.05) is 6.26 Å². The van der Waals surface area contributed by atoms with Crippen LogP contribution in [0.5, 0.6) is 0 Å². The van der Waals surface area contributed by atoms with Gasteiger partial charge in [0.15, 0.2) is 0 Å². The first-order chi connectivity index (χ1) is 9.45. The molecule has 0 heterocycles. The van der Waals surface area contributed by atoms with Gasteiger partial charge in [-0.2, -0.15) is 11.8 Å². The zero-order valence-electron chi connectivity index (χ0n) is 12.1. The molecule has 0 aromatic heterocycles. The van der Waals surface area contributed by atoms with Gasteiger partial charge in [-0.25, -0.2) is 4.79 Å². The highest BCUT2D eigenvalue weighted by Gasteiger charge is 2.26. The molecule has 1 aromatic rings. The van der Waals surface area contributed by atoms with Crippen LogP contribution in [-0.4, -0.2) is 39.4 Å². The SMILES string of the molecule is CSC(C)CC(=O)N(Cc1ccccc1)C(C)C(=O)O. The van der Waals surface area contributed by atoms with E-state index in [9.17, 15) is 14.7 Å². The fourth-order valence-electron chi connectivity index (χ4n) is 1.80. The second-order valence-electron chi connectivity index (χ2n) is 4.77. The standard InChI is InChI=1S/C15H21NO3S/c1-11(20-3)9-14(17)16(12(2)15(18)19)10-13-7-5-4-6-8-13/h4-8,11-12H,9-10H2,1-3H3,(H,18,19). The molecule has 0 spiro atoms. The third kappa shape index (κ3) is 4.89. The minimum atomic E-state index is -0.980. The molecule has 2 atom stereocenters. The second kappa shape index (κ2) is 7.94. The molecule has 0 aliphatic carbocycles. The maximum Gasteiger partial charge on any atom is 0.326 e. The number of hydrogen-bond donors (Lipinski definition) is 1. The number of aliphatic carboxylic acids is 1. The number of carbonyl (C=O) groups excluding carboxylic acids is 1. The number of amides is 1. The summed E-state index contributed by atoms with van der Waals surface area (Å²) in [4.78, 5) is 24.9. The lowest BCUT2D eigenvalue weighted by Crippen LogP contribution is -2.43. The lowest BCUT2D eigenvalue weighted by atomic mass is 10.1. The van der Waals surface area contributed by atoms with Gasteiger partial charge in [-0.1, -0.05) is 37.3 Å². The number of rotatable bonds is 7. The maximum absolute atomic E-state index is 12.3. The Kier molecular flexibility index (Phi) is 6.58. The molecular weight excluding hydrogens is 274 g/mol. The van der Waals surface area contributed by atoms with Gasteiger partial charge >= 0.3 is 5.97 Å². The van der Waals surface area contributed by atoms with Gasteiger partial charge in [0.2, 0.25) is 5.91 Å². The molecule has 0 aliphatic rings. The zero-order chi connectivity index (χ0) is 15.1. The highest BCUT2D eigenvalue weighted by atomic mass is 32.2. The van der Waals surface area contributed by atoms with E-state index in [1.54, 1.807) is 18.7 Å². The molecule has 0 aliphatic heterocycles. The molecule has 20 heavy (non-hydrogen) atoms. The molecule has 0 bridgehead atoms. The molecule has 2 unspecified atom stereocenters. The summed E-state index contributed by atoms with van der Waals surface area (Å²) in [6.07, 6.45) is 2.30. The summed E-state index contributed by atoms with van der Waals surface area (Å²) in [5.74, 6) is -1.10. The molecule has 1 aromatic carbocycles. The van der Waals surface area contributed by atoms with E-state index >= 15 is 0 Å². The number of hydrogen-bond acceptors (Lipinski definition) is 3. The van der Waals surface area contributed by atoms with Crippen LogP contribution < -0.4 is 0 Å². The van der Waals surface area contributed by atoms with Gasteiger partial charge < -0.3 is 10.0 Å². The van der Waals surface area contributed by atoms with E-state index in [2.05, 4.69) is 0 Å². The minimum absolute atomic E-state index is 0.120. The monoisotopic (exact) mass is 295 g/mol. The lowest BCUT2D eigenvalue weighted by Gasteiger charge is -2.27. The van der Waals surface area contributed by atoms with Gasteiger partial charge in [-0.15, -0.1) is 0 Å². The molecule has 0 fully saturated rings. The van der Waals surface area contributed by atoms with Crippen molar-refractivity contribution in [2.24, 2.45) is 0 Å². The maximum atomic E-state index is 12.3. The van der Waals surface area contributed by atoms with Crippen LogP contribution in [-0.2, 0) is 16.1 Å². The van der Waals surface area contributed by atoms with Gasteiger partial charge in [0.1, 0.15) is 6.04 Å². The van der Waals surface area contributed by atoms with Crippen molar-refractivity contribution in [1.82, 2.24) is 4.90 Å². The summed E-state index contributed by atoms with van der Waals surface area (Å²) in [6.45, 7) is 3.84. The topological polar surface area (TPSA) is 57.6 Å². The van der Waals surface area contributed by atoms with Crippen LogP contribution >= 0.6 is 11.8 Å². The number of nitrogens with zero attached hydrogens (tertiary/aromatic N) is 1. The molecule has 0 saturated carbocycles. The van der Waals surface area contributed by atoms with Crippen molar-refractivity contribution in [2.45, 2.75) is 38.1 Å². The van der Waals surface area contributed by atoms with Crippen LogP contribution in [0.4, 0.5) is 0 Å². The van der Waals surface area contributed by atoms with Gasteiger partial charge in [0.05, 0.1) is 0 Å². The highest BCUT2D eigenvalue weighted by Crippen LogP contribution is 2.16.